The van der Waals surface area contributed by atoms with Crippen LogP contribution in [0, 0.1) is 5.82 Å². The van der Waals surface area contributed by atoms with Crippen LogP contribution in [0.4, 0.5) is 4.39 Å². The quantitative estimate of drug-likeness (QED) is 0.362. The van der Waals surface area contributed by atoms with Gasteiger partial charge in [-0.05, 0) is 53.6 Å². The van der Waals surface area contributed by atoms with Crippen molar-refractivity contribution >= 4 is 39.7 Å². The molecule has 0 atom stereocenters. The van der Waals surface area contributed by atoms with Gasteiger partial charge in [-0.1, -0.05) is 51.8 Å². The number of nitrogens with one attached hydrogen (secondary N) is 1. The molecule has 7 heteroatoms. The van der Waals surface area contributed by atoms with Crippen LogP contribution in [0.2, 0.25) is 5.02 Å². The Kier molecular flexibility index (Phi) is 7.38. The Morgan fingerprint density at radius 1 is 1.10 bits per heavy atom. The topological polar surface area (TPSA) is 50.7 Å². The number of halogens is 3. The van der Waals surface area contributed by atoms with Crippen molar-refractivity contribution in [2.24, 2.45) is 5.10 Å². The van der Waals surface area contributed by atoms with Gasteiger partial charge < -0.3 is 4.74 Å². The third-order valence-corrected chi connectivity index (χ3v) is 4.67. The van der Waals surface area contributed by atoms with Gasteiger partial charge in [0.15, 0.2) is 0 Å². The second-order valence-electron chi connectivity index (χ2n) is 6.20. The number of amides is 1. The molecule has 0 saturated carbocycles. The molecule has 4 nitrogen and oxygen atoms in total. The maximum atomic E-state index is 13.3. The summed E-state index contributed by atoms with van der Waals surface area (Å²) in [4.78, 5) is 12.0. The lowest BCUT2D eigenvalue weighted by molar-refractivity contribution is -0.120. The smallest absolute Gasteiger partial charge is 0.244 e. The van der Waals surface area contributed by atoms with Gasteiger partial charge in [0.1, 0.15) is 18.2 Å². The van der Waals surface area contributed by atoms with Crippen LogP contribution >= 0.6 is 27.5 Å². The number of carbonyl (C=O) groups excluding carboxylic acids is 1. The van der Waals surface area contributed by atoms with Gasteiger partial charge in [-0.3, -0.25) is 4.79 Å². The molecule has 1 N–H and O–H groups in total. The van der Waals surface area contributed by atoms with E-state index in [2.05, 4.69) is 26.5 Å². The van der Waals surface area contributed by atoms with Crippen LogP contribution in [0.25, 0.3) is 0 Å². The summed E-state index contributed by atoms with van der Waals surface area (Å²) in [6.07, 6.45) is 1.70. The number of ether oxygens (including phenoxy) is 1. The highest BCUT2D eigenvalue weighted by Gasteiger charge is 2.06. The molecule has 0 aromatic heterocycles. The highest BCUT2D eigenvalue weighted by Crippen LogP contribution is 2.23. The summed E-state index contributed by atoms with van der Waals surface area (Å²) in [5.41, 5.74) is 4.72. The monoisotopic (exact) mass is 474 g/mol. The van der Waals surface area contributed by atoms with E-state index in [1.807, 2.05) is 12.1 Å². The van der Waals surface area contributed by atoms with E-state index in [1.165, 1.54) is 18.3 Å². The predicted octanol–water partition coefficient (Wildman–Crippen LogP) is 5.51. The van der Waals surface area contributed by atoms with Crippen molar-refractivity contribution in [3.63, 3.8) is 0 Å². The number of hydrogen-bond acceptors (Lipinski definition) is 3. The van der Waals surface area contributed by atoms with Gasteiger partial charge >= 0.3 is 0 Å². The molecule has 0 aliphatic carbocycles. The average Bonchev–Trinajstić information content (AvgIpc) is 2.69. The fraction of sp³-hybridized carbons (Fsp3) is 0.0909. The van der Waals surface area contributed by atoms with Crippen LogP contribution < -0.4 is 10.2 Å². The van der Waals surface area contributed by atoms with Gasteiger partial charge in [0, 0.05) is 15.1 Å². The third-order valence-electron chi connectivity index (χ3n) is 3.93. The minimum atomic E-state index is -0.313. The first-order valence-electron chi connectivity index (χ1n) is 8.73. The molecule has 148 valence electrons. The SMILES string of the molecule is O=C(Cc1ccc(Cl)cc1)N/N=C/c1cc(Br)ccc1OCc1cccc(F)c1. The summed E-state index contributed by atoms with van der Waals surface area (Å²) in [5.74, 6) is 0.000974. The van der Waals surface area contributed by atoms with E-state index in [0.717, 1.165) is 10.0 Å². The first-order chi connectivity index (χ1) is 14.0. The molecule has 0 fully saturated rings. The van der Waals surface area contributed by atoms with Crippen LogP contribution in [-0.2, 0) is 17.8 Å². The first-order valence-corrected chi connectivity index (χ1v) is 9.90. The molecular weight excluding hydrogens is 459 g/mol. The van der Waals surface area contributed by atoms with Crippen LogP contribution in [0.1, 0.15) is 16.7 Å². The molecular formula is C22H17BrClFN2O2. The zero-order chi connectivity index (χ0) is 20.6. The van der Waals surface area contributed by atoms with E-state index in [-0.39, 0.29) is 24.8 Å². The largest absolute Gasteiger partial charge is 0.488 e. The van der Waals surface area contributed by atoms with Gasteiger partial charge in [0.2, 0.25) is 5.91 Å². The number of hydrazone groups is 1. The first kappa shape index (κ1) is 21.0. The normalized spacial score (nSPS) is 10.9. The van der Waals surface area contributed by atoms with Crippen molar-refractivity contribution in [1.29, 1.82) is 0 Å². The highest BCUT2D eigenvalue weighted by atomic mass is 79.9. The summed E-state index contributed by atoms with van der Waals surface area (Å²) in [5, 5.41) is 4.63. The maximum absolute atomic E-state index is 13.3. The lowest BCUT2D eigenvalue weighted by atomic mass is 10.1. The zero-order valence-corrected chi connectivity index (χ0v) is 17.6. The van der Waals surface area contributed by atoms with Crippen LogP contribution in [0.3, 0.4) is 0 Å². The van der Waals surface area contributed by atoms with E-state index in [4.69, 9.17) is 16.3 Å². The zero-order valence-electron chi connectivity index (χ0n) is 15.2. The average molecular weight is 476 g/mol. The van der Waals surface area contributed by atoms with E-state index < -0.39 is 0 Å². The van der Waals surface area contributed by atoms with Gasteiger partial charge in [-0.25, -0.2) is 9.82 Å². The third kappa shape index (κ3) is 6.69. The number of rotatable bonds is 7. The molecule has 0 bridgehead atoms. The molecule has 0 saturated heterocycles. The summed E-state index contributed by atoms with van der Waals surface area (Å²) in [6.45, 7) is 0.211. The van der Waals surface area contributed by atoms with E-state index in [1.54, 1.807) is 42.5 Å². The van der Waals surface area contributed by atoms with Crippen molar-refractivity contribution in [3.8, 4) is 5.75 Å². The summed E-state index contributed by atoms with van der Waals surface area (Å²) in [6, 6.07) is 18.7. The fourth-order valence-electron chi connectivity index (χ4n) is 2.54. The molecule has 3 aromatic rings. The Labute approximate surface area is 181 Å². The van der Waals surface area contributed by atoms with Crippen molar-refractivity contribution < 1.29 is 13.9 Å². The Bertz CT molecular complexity index is 1030. The Balaban J connectivity index is 1.62. The van der Waals surface area contributed by atoms with E-state index in [9.17, 15) is 9.18 Å². The Morgan fingerprint density at radius 3 is 2.66 bits per heavy atom. The van der Waals surface area contributed by atoms with Crippen molar-refractivity contribution in [1.82, 2.24) is 5.43 Å². The molecule has 3 rings (SSSR count). The van der Waals surface area contributed by atoms with Crippen LogP contribution in [0.5, 0.6) is 5.75 Å². The minimum absolute atomic E-state index is 0.190. The summed E-state index contributed by atoms with van der Waals surface area (Å²) in [7, 11) is 0. The molecule has 0 unspecified atom stereocenters. The number of nitrogens with zero attached hydrogens (tertiary/aromatic N) is 1. The second-order valence-corrected chi connectivity index (χ2v) is 7.55. The number of hydrogen-bond donors (Lipinski definition) is 1. The Hall–Kier alpha value is -2.70. The van der Waals surface area contributed by atoms with Gasteiger partial charge in [-0.2, -0.15) is 5.10 Å². The van der Waals surface area contributed by atoms with Crippen molar-refractivity contribution in [3.05, 3.63) is 98.7 Å². The van der Waals surface area contributed by atoms with Crippen molar-refractivity contribution in [2.45, 2.75) is 13.0 Å². The molecule has 0 spiro atoms. The molecule has 1 amide bonds. The highest BCUT2D eigenvalue weighted by molar-refractivity contribution is 9.10. The standard InChI is InChI=1S/C22H17BrClFN2O2/c23-18-6-9-21(29-14-16-2-1-3-20(25)10-16)17(12-18)13-26-27-22(28)11-15-4-7-19(24)8-5-15/h1-10,12-13H,11,14H2,(H,27,28)/b26-13+. The molecule has 29 heavy (non-hydrogen) atoms. The second kappa shape index (κ2) is 10.2. The molecule has 0 heterocycles. The minimum Gasteiger partial charge on any atom is -0.488 e. The predicted molar refractivity (Wildman–Crippen MR) is 116 cm³/mol. The number of carbonyl (C=O) groups is 1. The lowest BCUT2D eigenvalue weighted by Crippen LogP contribution is -2.19. The van der Waals surface area contributed by atoms with E-state index >= 15 is 0 Å². The lowest BCUT2D eigenvalue weighted by Gasteiger charge is -2.10. The van der Waals surface area contributed by atoms with Gasteiger partial charge in [0.05, 0.1) is 12.6 Å². The fourth-order valence-corrected chi connectivity index (χ4v) is 3.05. The molecule has 0 aliphatic rings. The van der Waals surface area contributed by atoms with Crippen molar-refractivity contribution in [2.75, 3.05) is 0 Å². The Morgan fingerprint density at radius 2 is 1.90 bits per heavy atom. The maximum Gasteiger partial charge on any atom is 0.244 e. The summed E-state index contributed by atoms with van der Waals surface area (Å²) >= 11 is 9.25. The van der Waals surface area contributed by atoms with Gasteiger partial charge in [-0.15, -0.1) is 0 Å². The summed E-state index contributed by atoms with van der Waals surface area (Å²) < 4.78 is 19.9. The molecule has 3 aromatic carbocycles. The van der Waals surface area contributed by atoms with Gasteiger partial charge in [0.25, 0.3) is 0 Å². The van der Waals surface area contributed by atoms with Crippen LogP contribution in [-0.4, -0.2) is 12.1 Å². The number of benzene rings is 3. The molecule has 0 radical (unpaired) electrons. The molecule has 0 aliphatic heterocycles. The van der Waals surface area contributed by atoms with Crippen LogP contribution in [0.15, 0.2) is 76.3 Å². The van der Waals surface area contributed by atoms with E-state index in [0.29, 0.717) is 21.9 Å².